The van der Waals surface area contributed by atoms with Gasteiger partial charge in [0.25, 0.3) is 5.91 Å². The van der Waals surface area contributed by atoms with Crippen LogP contribution in [0.2, 0.25) is 0 Å². The minimum absolute atomic E-state index is 0.146. The molecule has 1 N–H and O–H groups in total. The van der Waals surface area contributed by atoms with Gasteiger partial charge in [-0.05, 0) is 18.9 Å². The van der Waals surface area contributed by atoms with Gasteiger partial charge in [0.15, 0.2) is 15.5 Å². The summed E-state index contributed by atoms with van der Waals surface area (Å²) in [5.41, 5.74) is 1.82. The molecule has 2 aromatic rings. The second-order valence-corrected chi connectivity index (χ2v) is 9.11. The molecule has 3 heterocycles. The molecular formula is C19H22N4O4S. The van der Waals surface area contributed by atoms with Gasteiger partial charge in [-0.25, -0.2) is 8.42 Å². The fourth-order valence-corrected chi connectivity index (χ4v) is 5.52. The molecule has 0 bridgehead atoms. The number of hydrogen-bond donors (Lipinski definition) is 1. The molecule has 0 radical (unpaired) electrons. The molecule has 2 aliphatic rings. The fourth-order valence-electron chi connectivity index (χ4n) is 3.92. The van der Waals surface area contributed by atoms with Crippen molar-refractivity contribution >= 4 is 21.7 Å². The van der Waals surface area contributed by atoms with Crippen LogP contribution in [0.1, 0.15) is 35.3 Å². The molecule has 2 aliphatic heterocycles. The maximum atomic E-state index is 12.7. The number of likely N-dealkylation sites (tertiary alicyclic amines) is 1. The van der Waals surface area contributed by atoms with Gasteiger partial charge < -0.3 is 10.2 Å². The van der Waals surface area contributed by atoms with Crippen LogP contribution in [0.4, 0.5) is 0 Å². The first-order valence-corrected chi connectivity index (χ1v) is 11.0. The summed E-state index contributed by atoms with van der Waals surface area (Å²) in [4.78, 5) is 26.3. The van der Waals surface area contributed by atoms with Gasteiger partial charge in [0, 0.05) is 44.2 Å². The fraction of sp³-hybridized carbons (Fsp3) is 0.421. The van der Waals surface area contributed by atoms with Crippen molar-refractivity contribution in [3.8, 4) is 11.3 Å². The highest BCUT2D eigenvalue weighted by molar-refractivity contribution is 7.90. The number of benzene rings is 1. The smallest absolute Gasteiger partial charge is 0.272 e. The molecule has 8 nitrogen and oxygen atoms in total. The molecule has 2 amide bonds. The lowest BCUT2D eigenvalue weighted by atomic mass is 10.1. The first-order valence-electron chi connectivity index (χ1n) is 9.32. The molecule has 28 heavy (non-hydrogen) atoms. The normalized spacial score (nSPS) is 17.3. The standard InChI is InChI=1S/C19H22N4O4S/c1-22-18-13-6-2-3-7-15(13)28(26,27)12-14(18)17(21-22)19(25)20-9-5-11-23-10-4-8-16(23)24/h2-3,6-7H,4-5,8-12H2,1H3,(H,20,25). The largest absolute Gasteiger partial charge is 0.351 e. The molecule has 0 aliphatic carbocycles. The zero-order chi connectivity index (χ0) is 19.9. The summed E-state index contributed by atoms with van der Waals surface area (Å²) in [6, 6.07) is 6.79. The van der Waals surface area contributed by atoms with Crippen molar-refractivity contribution in [2.24, 2.45) is 7.05 Å². The van der Waals surface area contributed by atoms with Crippen molar-refractivity contribution in [3.63, 3.8) is 0 Å². The van der Waals surface area contributed by atoms with Crippen molar-refractivity contribution in [1.82, 2.24) is 20.0 Å². The number of nitrogens with one attached hydrogen (secondary N) is 1. The van der Waals surface area contributed by atoms with Crippen LogP contribution in [-0.2, 0) is 27.4 Å². The van der Waals surface area contributed by atoms with Crippen molar-refractivity contribution in [2.45, 2.75) is 29.9 Å². The SMILES string of the molecule is Cn1nc(C(=O)NCCCN2CCCC2=O)c2c1-c1ccccc1S(=O)(=O)C2. The predicted octanol–water partition coefficient (Wildman–Crippen LogP) is 1.12. The number of carbonyl (C=O) groups is 2. The third kappa shape index (κ3) is 3.19. The van der Waals surface area contributed by atoms with Gasteiger partial charge in [0.05, 0.1) is 16.3 Å². The van der Waals surface area contributed by atoms with Gasteiger partial charge in [0.2, 0.25) is 5.91 Å². The summed E-state index contributed by atoms with van der Waals surface area (Å²) in [6.45, 7) is 1.79. The van der Waals surface area contributed by atoms with Gasteiger partial charge >= 0.3 is 0 Å². The van der Waals surface area contributed by atoms with Crippen LogP contribution in [-0.4, -0.2) is 54.5 Å². The van der Waals surface area contributed by atoms with E-state index in [9.17, 15) is 18.0 Å². The number of aromatic nitrogens is 2. The lowest BCUT2D eigenvalue weighted by molar-refractivity contribution is -0.127. The molecule has 1 saturated heterocycles. The Bertz CT molecular complexity index is 1060. The molecule has 4 rings (SSSR count). The number of fused-ring (bicyclic) bond motifs is 3. The summed E-state index contributed by atoms with van der Waals surface area (Å²) in [5, 5.41) is 7.11. The lowest BCUT2D eigenvalue weighted by Gasteiger charge is -2.18. The first kappa shape index (κ1) is 18.7. The predicted molar refractivity (Wildman–Crippen MR) is 102 cm³/mol. The summed E-state index contributed by atoms with van der Waals surface area (Å²) >= 11 is 0. The van der Waals surface area contributed by atoms with Crippen LogP contribution in [0.3, 0.4) is 0 Å². The minimum Gasteiger partial charge on any atom is -0.351 e. The van der Waals surface area contributed by atoms with Crippen molar-refractivity contribution in [2.75, 3.05) is 19.6 Å². The van der Waals surface area contributed by atoms with Crippen LogP contribution in [0, 0.1) is 0 Å². The molecule has 9 heteroatoms. The van der Waals surface area contributed by atoms with Crippen molar-refractivity contribution in [1.29, 1.82) is 0 Å². The Morgan fingerprint density at radius 2 is 2.07 bits per heavy atom. The van der Waals surface area contributed by atoms with Crippen molar-refractivity contribution < 1.29 is 18.0 Å². The number of nitrogens with zero attached hydrogens (tertiary/aromatic N) is 3. The molecule has 148 valence electrons. The number of amides is 2. The topological polar surface area (TPSA) is 101 Å². The second-order valence-electron chi connectivity index (χ2n) is 7.15. The van der Waals surface area contributed by atoms with E-state index in [0.29, 0.717) is 42.8 Å². The zero-order valence-corrected chi connectivity index (χ0v) is 16.5. The summed E-state index contributed by atoms with van der Waals surface area (Å²) in [5.74, 6) is -0.466. The Kier molecular flexibility index (Phi) is 4.70. The highest BCUT2D eigenvalue weighted by atomic mass is 32.2. The Morgan fingerprint density at radius 1 is 1.29 bits per heavy atom. The number of sulfone groups is 1. The Balaban J connectivity index is 1.51. The Labute approximate surface area is 163 Å². The van der Waals surface area contributed by atoms with E-state index in [4.69, 9.17) is 0 Å². The molecule has 1 aromatic carbocycles. The summed E-state index contributed by atoms with van der Waals surface area (Å²) in [7, 11) is -1.81. The number of carbonyl (C=O) groups excluding carboxylic acids is 2. The quantitative estimate of drug-likeness (QED) is 0.755. The molecule has 0 atom stereocenters. The maximum absolute atomic E-state index is 12.7. The summed E-state index contributed by atoms with van der Waals surface area (Å²) < 4.78 is 26.9. The molecule has 1 fully saturated rings. The average Bonchev–Trinajstić information content (AvgIpc) is 3.21. The van der Waals surface area contributed by atoms with E-state index in [0.717, 1.165) is 13.0 Å². The Morgan fingerprint density at radius 3 is 2.82 bits per heavy atom. The van der Waals surface area contributed by atoms with Crippen LogP contribution >= 0.6 is 0 Å². The zero-order valence-electron chi connectivity index (χ0n) is 15.6. The van der Waals surface area contributed by atoms with Gasteiger partial charge in [-0.15, -0.1) is 0 Å². The van der Waals surface area contributed by atoms with E-state index in [-0.39, 0.29) is 28.2 Å². The second kappa shape index (κ2) is 7.05. The van der Waals surface area contributed by atoms with E-state index in [1.54, 1.807) is 40.9 Å². The van der Waals surface area contributed by atoms with E-state index in [2.05, 4.69) is 10.4 Å². The van der Waals surface area contributed by atoms with Gasteiger partial charge in [-0.1, -0.05) is 18.2 Å². The van der Waals surface area contributed by atoms with E-state index >= 15 is 0 Å². The maximum Gasteiger partial charge on any atom is 0.272 e. The highest BCUT2D eigenvalue weighted by Crippen LogP contribution is 2.38. The number of rotatable bonds is 5. The van der Waals surface area contributed by atoms with E-state index < -0.39 is 9.84 Å². The number of hydrogen-bond acceptors (Lipinski definition) is 5. The molecule has 0 spiro atoms. The van der Waals surface area contributed by atoms with E-state index in [1.165, 1.54) is 0 Å². The number of aryl methyl sites for hydroxylation is 1. The van der Waals surface area contributed by atoms with Gasteiger partial charge in [-0.2, -0.15) is 5.10 Å². The summed E-state index contributed by atoms with van der Waals surface area (Å²) in [6.07, 6.45) is 2.14. The monoisotopic (exact) mass is 402 g/mol. The first-order chi connectivity index (χ1) is 13.4. The Hall–Kier alpha value is -2.68. The van der Waals surface area contributed by atoms with Crippen molar-refractivity contribution in [3.05, 3.63) is 35.5 Å². The van der Waals surface area contributed by atoms with Gasteiger partial charge in [0.1, 0.15) is 0 Å². The van der Waals surface area contributed by atoms with E-state index in [1.807, 2.05) is 0 Å². The lowest BCUT2D eigenvalue weighted by Crippen LogP contribution is -2.31. The van der Waals surface area contributed by atoms with Crippen LogP contribution < -0.4 is 5.32 Å². The molecule has 1 aromatic heterocycles. The minimum atomic E-state index is -3.52. The van der Waals surface area contributed by atoms with Crippen LogP contribution in [0.5, 0.6) is 0 Å². The van der Waals surface area contributed by atoms with Crippen LogP contribution in [0.15, 0.2) is 29.2 Å². The molecular weight excluding hydrogens is 380 g/mol. The third-order valence-corrected chi connectivity index (χ3v) is 6.93. The third-order valence-electron chi connectivity index (χ3n) is 5.23. The van der Waals surface area contributed by atoms with Gasteiger partial charge in [-0.3, -0.25) is 14.3 Å². The van der Waals surface area contributed by atoms with Crippen LogP contribution in [0.25, 0.3) is 11.3 Å². The molecule has 0 unspecified atom stereocenters. The highest BCUT2D eigenvalue weighted by Gasteiger charge is 2.34. The molecule has 0 saturated carbocycles. The average molecular weight is 402 g/mol.